The smallest absolute Gasteiger partial charge is 0.274 e. The number of nitrogens with zero attached hydrogens (tertiary/aromatic N) is 4. The molecule has 1 amide bonds. The fourth-order valence-corrected chi connectivity index (χ4v) is 3.35. The van der Waals surface area contributed by atoms with Crippen LogP contribution in [0.4, 0.5) is 5.69 Å². The fraction of sp³-hybridized carbons (Fsp3) is 0.188. The Balaban J connectivity index is 1.84. The van der Waals surface area contributed by atoms with Gasteiger partial charge < -0.3 is 14.7 Å². The first kappa shape index (κ1) is 17.7. The number of amides is 1. The van der Waals surface area contributed by atoms with Crippen molar-refractivity contribution in [3.8, 4) is 11.4 Å². The molecule has 0 atom stereocenters. The molecule has 3 rings (SSSR count). The molecule has 10 heteroatoms. The molecule has 0 saturated carbocycles. The first-order valence-corrected chi connectivity index (χ1v) is 8.51. The van der Waals surface area contributed by atoms with Crippen LogP contribution in [0.3, 0.4) is 0 Å². The molecular weight excluding hydrogens is 358 g/mol. The van der Waals surface area contributed by atoms with E-state index in [9.17, 15) is 14.9 Å². The largest absolute Gasteiger partial charge is 0.469 e. The van der Waals surface area contributed by atoms with Gasteiger partial charge in [0, 0.05) is 30.0 Å². The van der Waals surface area contributed by atoms with Gasteiger partial charge in [-0.15, -0.1) is 10.2 Å². The van der Waals surface area contributed by atoms with Crippen molar-refractivity contribution in [2.24, 2.45) is 12.8 Å². The highest BCUT2D eigenvalue weighted by atomic mass is 32.2. The van der Waals surface area contributed by atoms with Crippen LogP contribution in [0.5, 0.6) is 0 Å². The summed E-state index contributed by atoms with van der Waals surface area (Å²) >= 11 is 1.31. The molecule has 2 N–H and O–H groups in total. The summed E-state index contributed by atoms with van der Waals surface area (Å²) in [6.07, 6.45) is 1.58. The molecule has 0 radical (unpaired) electrons. The zero-order valence-electron chi connectivity index (χ0n) is 14.0. The lowest BCUT2D eigenvalue weighted by Crippen LogP contribution is -2.11. The number of primary amides is 1. The number of furan rings is 1. The molecule has 0 aliphatic carbocycles. The number of benzene rings is 1. The number of hydrogen-bond donors (Lipinski definition) is 1. The molecule has 1 aromatic carbocycles. The van der Waals surface area contributed by atoms with Crippen molar-refractivity contribution in [3.63, 3.8) is 0 Å². The first-order valence-electron chi connectivity index (χ1n) is 7.52. The Morgan fingerprint density at radius 2 is 2.15 bits per heavy atom. The van der Waals surface area contributed by atoms with Gasteiger partial charge in [-0.05, 0) is 19.1 Å². The van der Waals surface area contributed by atoms with Crippen LogP contribution in [0.1, 0.15) is 21.7 Å². The van der Waals surface area contributed by atoms with Crippen molar-refractivity contribution in [1.82, 2.24) is 14.8 Å². The molecule has 0 unspecified atom stereocenters. The maximum atomic E-state index is 11.3. The van der Waals surface area contributed by atoms with Crippen LogP contribution >= 0.6 is 11.8 Å². The van der Waals surface area contributed by atoms with Crippen LogP contribution in [0.15, 0.2) is 40.1 Å². The van der Waals surface area contributed by atoms with E-state index in [1.165, 1.54) is 30.0 Å². The topological polar surface area (TPSA) is 130 Å². The minimum Gasteiger partial charge on any atom is -0.469 e. The van der Waals surface area contributed by atoms with Gasteiger partial charge in [-0.1, -0.05) is 17.8 Å². The Morgan fingerprint density at radius 3 is 2.77 bits per heavy atom. The quantitative estimate of drug-likeness (QED) is 0.399. The van der Waals surface area contributed by atoms with Crippen molar-refractivity contribution >= 4 is 23.4 Å². The molecular formula is C16H15N5O4S. The normalized spacial score (nSPS) is 10.8. The van der Waals surface area contributed by atoms with Gasteiger partial charge >= 0.3 is 0 Å². The molecule has 2 aromatic heterocycles. The van der Waals surface area contributed by atoms with E-state index in [1.807, 2.05) is 14.0 Å². The molecule has 134 valence electrons. The summed E-state index contributed by atoms with van der Waals surface area (Å²) in [6, 6.07) is 6.00. The maximum absolute atomic E-state index is 11.3. The van der Waals surface area contributed by atoms with E-state index in [4.69, 9.17) is 10.2 Å². The lowest BCUT2D eigenvalue weighted by molar-refractivity contribution is -0.385. The van der Waals surface area contributed by atoms with Crippen LogP contribution in [0.2, 0.25) is 0 Å². The lowest BCUT2D eigenvalue weighted by atomic mass is 10.1. The number of nitro groups is 1. The summed E-state index contributed by atoms with van der Waals surface area (Å²) in [5.41, 5.74) is 6.43. The van der Waals surface area contributed by atoms with Crippen LogP contribution in [-0.4, -0.2) is 25.6 Å². The third-order valence-corrected chi connectivity index (χ3v) is 4.93. The van der Waals surface area contributed by atoms with Crippen LogP contribution < -0.4 is 5.73 Å². The second-order valence-electron chi connectivity index (χ2n) is 5.51. The predicted molar refractivity (Wildman–Crippen MR) is 94.6 cm³/mol. The number of carbonyl (C=O) groups excluding carboxylic acids is 1. The highest BCUT2D eigenvalue weighted by Crippen LogP contribution is 2.30. The van der Waals surface area contributed by atoms with Crippen LogP contribution in [0.25, 0.3) is 11.4 Å². The van der Waals surface area contributed by atoms with Gasteiger partial charge in [0.1, 0.15) is 5.76 Å². The highest BCUT2D eigenvalue weighted by molar-refractivity contribution is 7.98. The SMILES string of the molecule is Cc1occc1-c1nnc(SCc2ccc(C(N)=O)cc2[N+](=O)[O-])n1C. The molecule has 0 aliphatic heterocycles. The third kappa shape index (κ3) is 3.31. The van der Waals surface area contributed by atoms with Crippen molar-refractivity contribution in [1.29, 1.82) is 0 Å². The lowest BCUT2D eigenvalue weighted by Gasteiger charge is -2.05. The number of thioether (sulfide) groups is 1. The molecule has 26 heavy (non-hydrogen) atoms. The average Bonchev–Trinajstić information content (AvgIpc) is 3.18. The molecule has 0 saturated heterocycles. The summed E-state index contributed by atoms with van der Waals surface area (Å²) in [6.45, 7) is 1.83. The van der Waals surface area contributed by atoms with E-state index in [-0.39, 0.29) is 11.3 Å². The van der Waals surface area contributed by atoms with E-state index in [2.05, 4.69) is 10.2 Å². The number of aryl methyl sites for hydroxylation is 1. The fourth-order valence-electron chi connectivity index (χ4n) is 2.44. The summed E-state index contributed by atoms with van der Waals surface area (Å²) in [4.78, 5) is 22.0. The number of hydrogen-bond acceptors (Lipinski definition) is 7. The summed E-state index contributed by atoms with van der Waals surface area (Å²) in [7, 11) is 1.81. The van der Waals surface area contributed by atoms with Crippen molar-refractivity contribution < 1.29 is 14.1 Å². The zero-order valence-corrected chi connectivity index (χ0v) is 14.8. The zero-order chi connectivity index (χ0) is 18.8. The van der Waals surface area contributed by atoms with Gasteiger partial charge in [0.15, 0.2) is 11.0 Å². The molecule has 0 fully saturated rings. The molecule has 0 aliphatic rings. The average molecular weight is 373 g/mol. The van der Waals surface area contributed by atoms with Gasteiger partial charge in [-0.2, -0.15) is 0 Å². The standard InChI is InChI=1S/C16H15N5O4S/c1-9-12(5-6-25-9)15-18-19-16(20(15)2)26-8-11-4-3-10(14(17)22)7-13(11)21(23)24/h3-7H,8H2,1-2H3,(H2,17,22). The van der Waals surface area contributed by atoms with Gasteiger partial charge in [0.05, 0.1) is 16.7 Å². The van der Waals surface area contributed by atoms with Gasteiger partial charge in [-0.25, -0.2) is 0 Å². The summed E-state index contributed by atoms with van der Waals surface area (Å²) in [5, 5.41) is 20.2. The Labute approximate surface area is 152 Å². The van der Waals surface area contributed by atoms with Gasteiger partial charge in [0.2, 0.25) is 5.91 Å². The minimum absolute atomic E-state index is 0.0989. The maximum Gasteiger partial charge on any atom is 0.274 e. The Kier molecular flexibility index (Phi) is 4.76. The van der Waals surface area contributed by atoms with Gasteiger partial charge in [0.25, 0.3) is 5.69 Å². The Morgan fingerprint density at radius 1 is 1.38 bits per heavy atom. The molecule has 3 aromatic rings. The third-order valence-electron chi connectivity index (χ3n) is 3.86. The second kappa shape index (κ2) is 7.00. The van der Waals surface area contributed by atoms with Crippen molar-refractivity contribution in [2.75, 3.05) is 0 Å². The minimum atomic E-state index is -0.708. The number of carbonyl (C=O) groups is 1. The van der Waals surface area contributed by atoms with E-state index in [0.717, 1.165) is 11.3 Å². The molecule has 2 heterocycles. The molecule has 0 spiro atoms. The number of aromatic nitrogens is 3. The van der Waals surface area contributed by atoms with E-state index < -0.39 is 10.8 Å². The Bertz CT molecular complexity index is 994. The van der Waals surface area contributed by atoms with E-state index in [0.29, 0.717) is 22.3 Å². The number of nitrogens with two attached hydrogens (primary N) is 1. The molecule has 0 bridgehead atoms. The summed E-state index contributed by atoms with van der Waals surface area (Å²) < 4.78 is 7.08. The monoisotopic (exact) mass is 373 g/mol. The Hall–Kier alpha value is -3.14. The molecule has 9 nitrogen and oxygen atoms in total. The number of rotatable bonds is 6. The number of nitro benzene ring substituents is 1. The first-order chi connectivity index (χ1) is 12.4. The van der Waals surface area contributed by atoms with Crippen molar-refractivity contribution in [2.45, 2.75) is 17.8 Å². The summed E-state index contributed by atoms with van der Waals surface area (Å²) in [5.74, 6) is 0.971. The van der Waals surface area contributed by atoms with Crippen LogP contribution in [-0.2, 0) is 12.8 Å². The van der Waals surface area contributed by atoms with Crippen molar-refractivity contribution in [3.05, 3.63) is 57.5 Å². The predicted octanol–water partition coefficient (Wildman–Crippen LogP) is 2.68. The second-order valence-corrected chi connectivity index (χ2v) is 6.45. The van der Waals surface area contributed by atoms with E-state index >= 15 is 0 Å². The van der Waals surface area contributed by atoms with Gasteiger partial charge in [-0.3, -0.25) is 14.9 Å². The van der Waals surface area contributed by atoms with E-state index in [1.54, 1.807) is 16.9 Å². The van der Waals surface area contributed by atoms with Crippen LogP contribution in [0, 0.1) is 17.0 Å². The highest BCUT2D eigenvalue weighted by Gasteiger charge is 2.19.